The average molecular weight is 353 g/mol. The molecule has 0 aliphatic heterocycles. The summed E-state index contributed by atoms with van der Waals surface area (Å²) >= 11 is 8.84. The third-order valence-corrected chi connectivity index (χ3v) is 4.81. The summed E-state index contributed by atoms with van der Waals surface area (Å²) in [5, 5.41) is 3.08. The van der Waals surface area contributed by atoms with Crippen molar-refractivity contribution in [1.82, 2.24) is 5.32 Å². The molecule has 0 bridgehead atoms. The molecular formula is C13H13BrClF2NO. The van der Waals surface area contributed by atoms with Crippen LogP contribution in [0.4, 0.5) is 8.78 Å². The molecule has 1 aromatic rings. The Balaban J connectivity index is 2.22. The molecule has 0 atom stereocenters. The molecule has 1 aliphatic rings. The molecule has 1 amide bonds. The molecule has 104 valence electrons. The Morgan fingerprint density at radius 3 is 2.53 bits per heavy atom. The summed E-state index contributed by atoms with van der Waals surface area (Å²) in [4.78, 5) is 12.1. The van der Waals surface area contributed by atoms with Crippen molar-refractivity contribution >= 4 is 33.4 Å². The summed E-state index contributed by atoms with van der Waals surface area (Å²) in [6.45, 7) is 0. The van der Waals surface area contributed by atoms with Gasteiger partial charge in [0.1, 0.15) is 11.6 Å². The third-order valence-electron chi connectivity index (χ3n) is 3.45. The second-order valence-corrected chi connectivity index (χ2v) is 5.79. The molecule has 0 spiro atoms. The number of alkyl halides is 1. The lowest BCUT2D eigenvalue weighted by Crippen LogP contribution is -2.48. The van der Waals surface area contributed by atoms with Gasteiger partial charge in [0, 0.05) is 5.33 Å². The van der Waals surface area contributed by atoms with Gasteiger partial charge in [0.25, 0.3) is 5.91 Å². The van der Waals surface area contributed by atoms with Crippen LogP contribution in [-0.4, -0.2) is 16.8 Å². The zero-order valence-electron chi connectivity index (χ0n) is 10.1. The summed E-state index contributed by atoms with van der Waals surface area (Å²) in [5.74, 6) is -2.21. The average Bonchev–Trinajstić information content (AvgIpc) is 2.83. The topological polar surface area (TPSA) is 29.1 Å². The van der Waals surface area contributed by atoms with Gasteiger partial charge in [-0.3, -0.25) is 4.79 Å². The fourth-order valence-corrected chi connectivity index (χ4v) is 3.20. The number of nitrogens with one attached hydrogen (secondary N) is 1. The molecule has 1 saturated carbocycles. The minimum atomic E-state index is -0.813. The van der Waals surface area contributed by atoms with Crippen LogP contribution in [0.1, 0.15) is 36.0 Å². The Bertz CT molecular complexity index is 504. The number of hydrogen-bond donors (Lipinski definition) is 1. The highest BCUT2D eigenvalue weighted by molar-refractivity contribution is 9.09. The SMILES string of the molecule is O=C(NC1(CBr)CCCC1)c1cc(F)c(Cl)cc1F. The number of rotatable bonds is 3. The van der Waals surface area contributed by atoms with Gasteiger partial charge in [-0.1, -0.05) is 40.4 Å². The van der Waals surface area contributed by atoms with Crippen LogP contribution in [0.15, 0.2) is 12.1 Å². The maximum absolute atomic E-state index is 13.7. The monoisotopic (exact) mass is 351 g/mol. The van der Waals surface area contributed by atoms with Gasteiger partial charge in [-0.25, -0.2) is 8.78 Å². The van der Waals surface area contributed by atoms with Gasteiger partial charge < -0.3 is 5.32 Å². The van der Waals surface area contributed by atoms with E-state index >= 15 is 0 Å². The van der Waals surface area contributed by atoms with Crippen LogP contribution < -0.4 is 5.32 Å². The molecule has 0 unspecified atom stereocenters. The Morgan fingerprint density at radius 1 is 1.32 bits per heavy atom. The lowest BCUT2D eigenvalue weighted by molar-refractivity contribution is 0.0905. The standard InChI is InChI=1S/C13H13BrClF2NO/c14-7-13(3-1-2-4-13)18-12(19)8-5-11(17)9(15)6-10(8)16/h5-6H,1-4,7H2,(H,18,19). The highest BCUT2D eigenvalue weighted by Crippen LogP contribution is 2.32. The van der Waals surface area contributed by atoms with Crippen LogP contribution in [0.5, 0.6) is 0 Å². The molecule has 2 rings (SSSR count). The highest BCUT2D eigenvalue weighted by Gasteiger charge is 2.35. The van der Waals surface area contributed by atoms with Crippen molar-refractivity contribution in [2.24, 2.45) is 0 Å². The van der Waals surface area contributed by atoms with E-state index in [0.29, 0.717) is 5.33 Å². The first-order valence-electron chi connectivity index (χ1n) is 6.00. The number of halogens is 4. The molecule has 1 fully saturated rings. The van der Waals surface area contributed by atoms with Crippen molar-refractivity contribution in [1.29, 1.82) is 0 Å². The van der Waals surface area contributed by atoms with E-state index in [0.717, 1.165) is 37.8 Å². The van der Waals surface area contributed by atoms with Crippen LogP contribution in [0.3, 0.4) is 0 Å². The fourth-order valence-electron chi connectivity index (χ4n) is 2.35. The summed E-state index contributed by atoms with van der Waals surface area (Å²) in [5.41, 5.74) is -0.672. The Kier molecular flexibility index (Phi) is 4.46. The van der Waals surface area contributed by atoms with Crippen LogP contribution >= 0.6 is 27.5 Å². The summed E-state index contributed by atoms with van der Waals surface area (Å²) in [7, 11) is 0. The fraction of sp³-hybridized carbons (Fsp3) is 0.462. The zero-order valence-corrected chi connectivity index (χ0v) is 12.5. The molecule has 1 N–H and O–H groups in total. The molecule has 6 heteroatoms. The minimum Gasteiger partial charge on any atom is -0.346 e. The second-order valence-electron chi connectivity index (χ2n) is 4.82. The minimum absolute atomic E-state index is 0.311. The molecule has 19 heavy (non-hydrogen) atoms. The lowest BCUT2D eigenvalue weighted by Gasteiger charge is -2.28. The predicted molar refractivity (Wildman–Crippen MR) is 73.8 cm³/mol. The molecular weight excluding hydrogens is 340 g/mol. The van der Waals surface area contributed by atoms with Crippen molar-refractivity contribution in [3.8, 4) is 0 Å². The van der Waals surface area contributed by atoms with Gasteiger partial charge in [0.2, 0.25) is 0 Å². The largest absolute Gasteiger partial charge is 0.346 e. The van der Waals surface area contributed by atoms with E-state index in [-0.39, 0.29) is 16.1 Å². The van der Waals surface area contributed by atoms with Gasteiger partial charge >= 0.3 is 0 Å². The summed E-state index contributed by atoms with van der Waals surface area (Å²) in [6.07, 6.45) is 3.70. The number of carbonyl (C=O) groups excluding carboxylic acids is 1. The normalized spacial score (nSPS) is 17.5. The van der Waals surface area contributed by atoms with Crippen LogP contribution in [0, 0.1) is 11.6 Å². The first kappa shape index (κ1) is 14.7. The predicted octanol–water partition coefficient (Wildman–Crippen LogP) is 4.06. The second kappa shape index (κ2) is 5.75. The highest BCUT2D eigenvalue weighted by atomic mass is 79.9. The van der Waals surface area contributed by atoms with Crippen molar-refractivity contribution in [3.63, 3.8) is 0 Å². The van der Waals surface area contributed by atoms with E-state index in [1.807, 2.05) is 0 Å². The van der Waals surface area contributed by atoms with Gasteiger partial charge in [-0.2, -0.15) is 0 Å². The van der Waals surface area contributed by atoms with Gasteiger partial charge in [-0.05, 0) is 25.0 Å². The first-order chi connectivity index (χ1) is 8.97. The summed E-state index contributed by atoms with van der Waals surface area (Å²) in [6, 6.07) is 1.66. The van der Waals surface area contributed by atoms with Crippen molar-refractivity contribution < 1.29 is 13.6 Å². The molecule has 1 aromatic carbocycles. The van der Waals surface area contributed by atoms with E-state index in [2.05, 4.69) is 21.2 Å². The Hall–Kier alpha value is -0.680. The van der Waals surface area contributed by atoms with E-state index in [9.17, 15) is 13.6 Å². The lowest BCUT2D eigenvalue weighted by atomic mass is 10.00. The van der Waals surface area contributed by atoms with E-state index in [1.54, 1.807) is 0 Å². The number of hydrogen-bond acceptors (Lipinski definition) is 1. The Labute approximate surface area is 123 Å². The molecule has 0 heterocycles. The molecule has 2 nitrogen and oxygen atoms in total. The number of benzene rings is 1. The van der Waals surface area contributed by atoms with Gasteiger partial charge in [0.15, 0.2) is 0 Å². The van der Waals surface area contributed by atoms with Crippen LogP contribution in [0.2, 0.25) is 5.02 Å². The number of amides is 1. The van der Waals surface area contributed by atoms with Crippen LogP contribution in [0.25, 0.3) is 0 Å². The summed E-state index contributed by atoms with van der Waals surface area (Å²) < 4.78 is 27.0. The zero-order chi connectivity index (χ0) is 14.0. The number of carbonyl (C=O) groups is 1. The molecule has 0 aromatic heterocycles. The van der Waals surface area contributed by atoms with E-state index in [1.165, 1.54) is 0 Å². The van der Waals surface area contributed by atoms with Gasteiger partial charge in [-0.15, -0.1) is 0 Å². The smallest absolute Gasteiger partial charge is 0.254 e. The van der Waals surface area contributed by atoms with Gasteiger partial charge in [0.05, 0.1) is 16.1 Å². The molecule has 0 radical (unpaired) electrons. The van der Waals surface area contributed by atoms with E-state index < -0.39 is 17.5 Å². The van der Waals surface area contributed by atoms with Crippen molar-refractivity contribution in [3.05, 3.63) is 34.4 Å². The quantitative estimate of drug-likeness (QED) is 0.645. The first-order valence-corrected chi connectivity index (χ1v) is 7.50. The van der Waals surface area contributed by atoms with Crippen molar-refractivity contribution in [2.75, 3.05) is 5.33 Å². The maximum Gasteiger partial charge on any atom is 0.254 e. The van der Waals surface area contributed by atoms with Crippen molar-refractivity contribution in [2.45, 2.75) is 31.2 Å². The van der Waals surface area contributed by atoms with Crippen LogP contribution in [-0.2, 0) is 0 Å². The molecule has 0 saturated heterocycles. The van der Waals surface area contributed by atoms with E-state index in [4.69, 9.17) is 11.6 Å². The Morgan fingerprint density at radius 2 is 1.95 bits per heavy atom. The third kappa shape index (κ3) is 3.08. The molecule has 1 aliphatic carbocycles. The maximum atomic E-state index is 13.7.